The van der Waals surface area contributed by atoms with Crippen LogP contribution in [0, 0.1) is 11.3 Å². The summed E-state index contributed by atoms with van der Waals surface area (Å²) in [5.41, 5.74) is 4.12. The Kier molecular flexibility index (Phi) is 0.760. The van der Waals surface area contributed by atoms with Gasteiger partial charge >= 0.3 is 5.97 Å². The molecule has 2 atom stereocenters. The average Bonchev–Trinajstić information content (AvgIpc) is 2.52. The second kappa shape index (κ2) is 1.33. The maximum Gasteiger partial charge on any atom is 0.322 e. The molecule has 0 spiro atoms. The standard InChI is InChI=1S/C6H7NO3/c7-4(8)6-1-3(6)2-10-5(6)9/h3H,1-2H2,(H2,7,8). The lowest BCUT2D eigenvalue weighted by atomic mass is 10.1. The molecule has 0 bridgehead atoms. The first kappa shape index (κ1) is 5.70. The van der Waals surface area contributed by atoms with Gasteiger partial charge in [-0.2, -0.15) is 0 Å². The predicted octanol–water partition coefficient (Wildman–Crippen LogP) is -0.965. The van der Waals surface area contributed by atoms with Gasteiger partial charge in [-0.25, -0.2) is 0 Å². The molecule has 4 nitrogen and oxygen atoms in total. The van der Waals surface area contributed by atoms with Crippen LogP contribution in [0.1, 0.15) is 6.42 Å². The van der Waals surface area contributed by atoms with Crippen molar-refractivity contribution < 1.29 is 14.3 Å². The lowest BCUT2D eigenvalue weighted by Crippen LogP contribution is -2.31. The minimum absolute atomic E-state index is 0.0810. The number of ether oxygens (including phenoxy) is 1. The summed E-state index contributed by atoms with van der Waals surface area (Å²) >= 11 is 0. The number of primary amides is 1. The SMILES string of the molecule is NC(=O)C12CC1COC2=O. The van der Waals surface area contributed by atoms with Gasteiger partial charge in [-0.15, -0.1) is 0 Å². The van der Waals surface area contributed by atoms with Crippen LogP contribution in [-0.4, -0.2) is 18.5 Å². The van der Waals surface area contributed by atoms with Gasteiger partial charge in [0.2, 0.25) is 5.91 Å². The van der Waals surface area contributed by atoms with E-state index >= 15 is 0 Å². The molecule has 4 heteroatoms. The zero-order chi connectivity index (χ0) is 7.35. The summed E-state index contributed by atoms with van der Waals surface area (Å²) in [5.74, 6) is -0.873. The largest absolute Gasteiger partial charge is 0.465 e. The third-order valence-electron chi connectivity index (χ3n) is 2.32. The Bertz CT molecular complexity index is 225. The van der Waals surface area contributed by atoms with Gasteiger partial charge in [-0.1, -0.05) is 0 Å². The Labute approximate surface area is 57.3 Å². The number of cyclic esters (lactones) is 1. The average molecular weight is 141 g/mol. The van der Waals surface area contributed by atoms with Gasteiger partial charge in [0.15, 0.2) is 5.41 Å². The van der Waals surface area contributed by atoms with E-state index in [4.69, 9.17) is 5.73 Å². The van der Waals surface area contributed by atoms with Crippen molar-refractivity contribution in [2.75, 3.05) is 6.61 Å². The summed E-state index contributed by atoms with van der Waals surface area (Å²) in [6.07, 6.45) is 0.598. The second-order valence-corrected chi connectivity index (χ2v) is 2.84. The monoisotopic (exact) mass is 141 g/mol. The molecule has 2 N–H and O–H groups in total. The van der Waals surface area contributed by atoms with E-state index in [9.17, 15) is 9.59 Å². The number of amides is 1. The molecule has 2 fully saturated rings. The van der Waals surface area contributed by atoms with Gasteiger partial charge in [0.05, 0.1) is 6.61 Å². The van der Waals surface area contributed by atoms with Gasteiger partial charge in [-0.05, 0) is 6.42 Å². The first-order valence-corrected chi connectivity index (χ1v) is 3.15. The highest BCUT2D eigenvalue weighted by Gasteiger charge is 2.70. The van der Waals surface area contributed by atoms with Crippen LogP contribution in [0.5, 0.6) is 0 Å². The summed E-state index contributed by atoms with van der Waals surface area (Å²) in [6.45, 7) is 0.377. The van der Waals surface area contributed by atoms with Crippen LogP contribution in [0.25, 0.3) is 0 Å². The fourth-order valence-electron chi connectivity index (χ4n) is 1.49. The van der Waals surface area contributed by atoms with E-state index in [1.165, 1.54) is 0 Å². The summed E-state index contributed by atoms with van der Waals surface area (Å²) in [5, 5.41) is 0. The Morgan fingerprint density at radius 3 is 2.70 bits per heavy atom. The molecule has 0 aromatic rings. The third kappa shape index (κ3) is 0.394. The maximum atomic E-state index is 10.9. The Morgan fingerprint density at radius 2 is 2.50 bits per heavy atom. The zero-order valence-corrected chi connectivity index (χ0v) is 5.29. The Morgan fingerprint density at radius 1 is 1.80 bits per heavy atom. The Balaban J connectivity index is 2.33. The van der Waals surface area contributed by atoms with Gasteiger partial charge in [0, 0.05) is 5.92 Å². The van der Waals surface area contributed by atoms with Crippen molar-refractivity contribution in [2.45, 2.75) is 6.42 Å². The molecule has 2 rings (SSSR count). The van der Waals surface area contributed by atoms with Crippen molar-refractivity contribution >= 4 is 11.9 Å². The van der Waals surface area contributed by atoms with Gasteiger partial charge < -0.3 is 10.5 Å². The van der Waals surface area contributed by atoms with Crippen LogP contribution < -0.4 is 5.73 Å². The molecule has 0 aromatic heterocycles. The number of hydrogen-bond donors (Lipinski definition) is 1. The molecule has 10 heavy (non-hydrogen) atoms. The molecule has 2 aliphatic rings. The van der Waals surface area contributed by atoms with Crippen LogP contribution >= 0.6 is 0 Å². The van der Waals surface area contributed by atoms with Crippen molar-refractivity contribution in [2.24, 2.45) is 17.1 Å². The summed E-state index contributed by atoms with van der Waals surface area (Å²) in [7, 11) is 0. The normalized spacial score (nSPS) is 42.4. The maximum absolute atomic E-state index is 10.9. The molecule has 54 valence electrons. The second-order valence-electron chi connectivity index (χ2n) is 2.84. The number of nitrogens with two attached hydrogens (primary N) is 1. The van der Waals surface area contributed by atoms with Crippen LogP contribution in [0.15, 0.2) is 0 Å². The van der Waals surface area contributed by atoms with Crippen LogP contribution in [0.4, 0.5) is 0 Å². The lowest BCUT2D eigenvalue weighted by molar-refractivity contribution is -0.148. The molecule has 2 unspecified atom stereocenters. The van der Waals surface area contributed by atoms with E-state index in [1.807, 2.05) is 0 Å². The highest BCUT2D eigenvalue weighted by Crippen LogP contribution is 2.57. The molecule has 1 aliphatic carbocycles. The zero-order valence-electron chi connectivity index (χ0n) is 5.29. The highest BCUT2D eigenvalue weighted by molar-refractivity contribution is 6.06. The summed E-state index contributed by atoms with van der Waals surface area (Å²) in [6, 6.07) is 0. The number of rotatable bonds is 1. The van der Waals surface area contributed by atoms with Gasteiger partial charge in [-0.3, -0.25) is 9.59 Å². The van der Waals surface area contributed by atoms with E-state index in [1.54, 1.807) is 0 Å². The van der Waals surface area contributed by atoms with Crippen molar-refractivity contribution in [1.82, 2.24) is 0 Å². The van der Waals surface area contributed by atoms with Crippen molar-refractivity contribution in [3.8, 4) is 0 Å². The first-order valence-electron chi connectivity index (χ1n) is 3.15. The van der Waals surface area contributed by atoms with Crippen molar-refractivity contribution in [3.05, 3.63) is 0 Å². The number of carbonyl (C=O) groups is 2. The van der Waals surface area contributed by atoms with E-state index in [0.29, 0.717) is 13.0 Å². The summed E-state index contributed by atoms with van der Waals surface area (Å²) < 4.78 is 4.64. The lowest BCUT2D eigenvalue weighted by Gasteiger charge is -2.01. The highest BCUT2D eigenvalue weighted by atomic mass is 16.5. The minimum atomic E-state index is -0.903. The molecular formula is C6H7NO3. The molecule has 0 aromatic carbocycles. The fourth-order valence-corrected chi connectivity index (χ4v) is 1.49. The minimum Gasteiger partial charge on any atom is -0.465 e. The number of fused-ring (bicyclic) bond motifs is 1. The quantitative estimate of drug-likeness (QED) is 0.377. The van der Waals surface area contributed by atoms with Gasteiger partial charge in [0.25, 0.3) is 0 Å². The predicted molar refractivity (Wildman–Crippen MR) is 30.7 cm³/mol. The van der Waals surface area contributed by atoms with E-state index in [-0.39, 0.29) is 5.92 Å². The molecule has 1 amide bonds. The van der Waals surface area contributed by atoms with Crippen LogP contribution in [0.2, 0.25) is 0 Å². The fraction of sp³-hybridized carbons (Fsp3) is 0.667. The van der Waals surface area contributed by atoms with E-state index in [0.717, 1.165) is 0 Å². The molecule has 0 radical (unpaired) electrons. The number of esters is 1. The van der Waals surface area contributed by atoms with Gasteiger partial charge in [0.1, 0.15) is 0 Å². The topological polar surface area (TPSA) is 69.4 Å². The molecule has 1 saturated carbocycles. The van der Waals surface area contributed by atoms with Crippen molar-refractivity contribution in [1.29, 1.82) is 0 Å². The van der Waals surface area contributed by atoms with E-state index in [2.05, 4.69) is 4.74 Å². The smallest absolute Gasteiger partial charge is 0.322 e. The first-order chi connectivity index (χ1) is 4.68. The molecular weight excluding hydrogens is 134 g/mol. The number of carbonyl (C=O) groups excluding carboxylic acids is 2. The van der Waals surface area contributed by atoms with Crippen LogP contribution in [0.3, 0.4) is 0 Å². The van der Waals surface area contributed by atoms with Crippen LogP contribution in [-0.2, 0) is 14.3 Å². The van der Waals surface area contributed by atoms with E-state index < -0.39 is 17.3 Å². The molecule has 1 heterocycles. The summed E-state index contributed by atoms with van der Waals surface area (Å²) in [4.78, 5) is 21.6. The van der Waals surface area contributed by atoms with Crippen molar-refractivity contribution in [3.63, 3.8) is 0 Å². The number of hydrogen-bond acceptors (Lipinski definition) is 3. The molecule has 1 saturated heterocycles. The Hall–Kier alpha value is -1.06. The third-order valence-corrected chi connectivity index (χ3v) is 2.32. The molecule has 1 aliphatic heterocycles.